The van der Waals surface area contributed by atoms with Crippen LogP contribution < -0.4 is 16.0 Å². The van der Waals surface area contributed by atoms with Crippen LogP contribution in [0.2, 0.25) is 5.02 Å². The molecule has 5 nitrogen and oxygen atoms in total. The van der Waals surface area contributed by atoms with Gasteiger partial charge in [-0.25, -0.2) is 4.39 Å². The minimum Gasteiger partial charge on any atom is -0.357 e. The summed E-state index contributed by atoms with van der Waals surface area (Å²) in [6, 6.07) is 5.12. The maximum Gasteiger partial charge on any atom is 0.223 e. The lowest BCUT2D eigenvalue weighted by atomic mass is 9.85. The molecule has 0 bridgehead atoms. The van der Waals surface area contributed by atoms with Gasteiger partial charge in [0.2, 0.25) is 5.91 Å². The molecular weight excluding hydrogens is 506 g/mol. The first-order valence-corrected chi connectivity index (χ1v) is 10.7. The molecule has 2 atom stereocenters. The lowest BCUT2D eigenvalue weighted by Crippen LogP contribution is -2.47. The predicted octanol–water partition coefficient (Wildman–Crippen LogP) is 4.03. The van der Waals surface area contributed by atoms with E-state index in [2.05, 4.69) is 20.9 Å². The maximum atomic E-state index is 13.2. The summed E-state index contributed by atoms with van der Waals surface area (Å²) in [5, 5.41) is 10.3. The van der Waals surface area contributed by atoms with Crippen LogP contribution in [0.3, 0.4) is 0 Å². The van der Waals surface area contributed by atoms with Gasteiger partial charge in [-0.05, 0) is 63.1 Å². The fourth-order valence-electron chi connectivity index (χ4n) is 3.63. The maximum absolute atomic E-state index is 13.2. The molecular formula is C21H31ClFIN4O. The molecule has 0 aliphatic heterocycles. The average Bonchev–Trinajstić information content (AvgIpc) is 3.48. The summed E-state index contributed by atoms with van der Waals surface area (Å²) in [7, 11) is 0. The van der Waals surface area contributed by atoms with Crippen molar-refractivity contribution in [1.29, 1.82) is 0 Å². The van der Waals surface area contributed by atoms with E-state index in [-0.39, 0.29) is 47.7 Å². The van der Waals surface area contributed by atoms with Crippen LogP contribution in [0.1, 0.15) is 51.0 Å². The summed E-state index contributed by atoms with van der Waals surface area (Å²) >= 11 is 6.09. The number of hydrogen-bond donors (Lipinski definition) is 3. The van der Waals surface area contributed by atoms with Crippen LogP contribution in [-0.2, 0) is 11.2 Å². The van der Waals surface area contributed by atoms with E-state index in [0.29, 0.717) is 24.0 Å². The SMILES string of the molecule is CCNC(=NCCc1ccc(F)cc1Cl)NC1CCCC(C(=O)NC2CC2)C1.I. The zero-order valence-electron chi connectivity index (χ0n) is 16.8. The van der Waals surface area contributed by atoms with E-state index < -0.39 is 0 Å². The number of guanidine groups is 1. The second kappa shape index (κ2) is 11.9. The van der Waals surface area contributed by atoms with Gasteiger partial charge in [0.15, 0.2) is 5.96 Å². The number of rotatable bonds is 7. The average molecular weight is 537 g/mol. The zero-order valence-corrected chi connectivity index (χ0v) is 19.9. The Labute approximate surface area is 194 Å². The monoisotopic (exact) mass is 536 g/mol. The number of carbonyl (C=O) groups excluding carboxylic acids is 1. The first kappa shape index (κ1) is 24.2. The van der Waals surface area contributed by atoms with Crippen LogP contribution in [0.25, 0.3) is 0 Å². The smallest absolute Gasteiger partial charge is 0.223 e. The van der Waals surface area contributed by atoms with Crippen LogP contribution in [0.4, 0.5) is 4.39 Å². The molecule has 1 aromatic carbocycles. The Hall–Kier alpha value is -1.09. The molecule has 2 aliphatic carbocycles. The molecule has 1 aromatic rings. The van der Waals surface area contributed by atoms with Crippen molar-refractivity contribution < 1.29 is 9.18 Å². The van der Waals surface area contributed by atoms with Crippen LogP contribution >= 0.6 is 35.6 Å². The minimum atomic E-state index is -0.329. The van der Waals surface area contributed by atoms with Gasteiger partial charge in [0, 0.05) is 36.1 Å². The first-order valence-electron chi connectivity index (χ1n) is 10.3. The van der Waals surface area contributed by atoms with Crippen molar-refractivity contribution in [2.45, 2.75) is 64.0 Å². The largest absolute Gasteiger partial charge is 0.357 e. The molecule has 2 saturated carbocycles. The molecule has 162 valence electrons. The number of hydrogen-bond acceptors (Lipinski definition) is 2. The van der Waals surface area contributed by atoms with Crippen molar-refractivity contribution in [2.75, 3.05) is 13.1 Å². The summed E-state index contributed by atoms with van der Waals surface area (Å²) < 4.78 is 13.2. The van der Waals surface area contributed by atoms with Crippen LogP contribution in [-0.4, -0.2) is 37.0 Å². The van der Waals surface area contributed by atoms with Crippen LogP contribution in [0, 0.1) is 11.7 Å². The number of carbonyl (C=O) groups is 1. The molecule has 0 radical (unpaired) electrons. The van der Waals surface area contributed by atoms with E-state index >= 15 is 0 Å². The third-order valence-corrected chi connectivity index (χ3v) is 5.67. The second-order valence-corrected chi connectivity index (χ2v) is 8.14. The molecule has 0 saturated heterocycles. The quantitative estimate of drug-likeness (QED) is 0.280. The fraction of sp³-hybridized carbons (Fsp3) is 0.619. The van der Waals surface area contributed by atoms with E-state index in [9.17, 15) is 9.18 Å². The zero-order chi connectivity index (χ0) is 19.9. The summed E-state index contributed by atoms with van der Waals surface area (Å²) in [5.74, 6) is 0.730. The Kier molecular flexibility index (Phi) is 9.95. The van der Waals surface area contributed by atoms with E-state index in [1.807, 2.05) is 6.92 Å². The highest BCUT2D eigenvalue weighted by atomic mass is 127. The van der Waals surface area contributed by atoms with Gasteiger partial charge in [-0.15, -0.1) is 24.0 Å². The number of nitrogens with one attached hydrogen (secondary N) is 3. The molecule has 2 fully saturated rings. The highest BCUT2D eigenvalue weighted by molar-refractivity contribution is 14.0. The van der Waals surface area contributed by atoms with Gasteiger partial charge in [0.1, 0.15) is 5.82 Å². The molecule has 1 amide bonds. The number of nitrogens with zero attached hydrogens (tertiary/aromatic N) is 1. The van der Waals surface area contributed by atoms with Crippen molar-refractivity contribution in [1.82, 2.24) is 16.0 Å². The Balaban J connectivity index is 0.00000300. The highest BCUT2D eigenvalue weighted by Crippen LogP contribution is 2.26. The van der Waals surface area contributed by atoms with Crippen LogP contribution in [0.5, 0.6) is 0 Å². The van der Waals surface area contributed by atoms with E-state index in [1.165, 1.54) is 12.1 Å². The van der Waals surface area contributed by atoms with Gasteiger partial charge in [-0.3, -0.25) is 9.79 Å². The molecule has 0 heterocycles. The molecule has 8 heteroatoms. The predicted molar refractivity (Wildman–Crippen MR) is 127 cm³/mol. The van der Waals surface area contributed by atoms with E-state index in [4.69, 9.17) is 11.6 Å². The summed E-state index contributed by atoms with van der Waals surface area (Å²) in [4.78, 5) is 17.0. The molecule has 3 N–H and O–H groups in total. The van der Waals surface area contributed by atoms with Gasteiger partial charge < -0.3 is 16.0 Å². The van der Waals surface area contributed by atoms with Gasteiger partial charge in [-0.1, -0.05) is 24.1 Å². The number of halogens is 3. The normalized spacial score (nSPS) is 21.8. The lowest BCUT2D eigenvalue weighted by molar-refractivity contribution is -0.126. The molecule has 2 aliphatic rings. The molecule has 29 heavy (non-hydrogen) atoms. The Morgan fingerprint density at radius 3 is 2.69 bits per heavy atom. The Bertz CT molecular complexity index is 714. The molecule has 0 aromatic heterocycles. The number of benzene rings is 1. The number of amides is 1. The minimum absolute atomic E-state index is 0. The summed E-state index contributed by atoms with van der Waals surface area (Å²) in [5.41, 5.74) is 0.886. The van der Waals surface area contributed by atoms with Crippen molar-refractivity contribution in [3.63, 3.8) is 0 Å². The Morgan fingerprint density at radius 1 is 1.21 bits per heavy atom. The third kappa shape index (κ3) is 7.92. The summed E-state index contributed by atoms with van der Waals surface area (Å²) in [6.45, 7) is 3.35. The molecule has 2 unspecified atom stereocenters. The van der Waals surface area contributed by atoms with Crippen molar-refractivity contribution >= 4 is 47.4 Å². The van der Waals surface area contributed by atoms with Gasteiger partial charge >= 0.3 is 0 Å². The van der Waals surface area contributed by atoms with E-state index in [1.54, 1.807) is 6.07 Å². The second-order valence-electron chi connectivity index (χ2n) is 7.73. The van der Waals surface area contributed by atoms with Crippen LogP contribution in [0.15, 0.2) is 23.2 Å². The molecule has 0 spiro atoms. The molecule has 3 rings (SSSR count). The van der Waals surface area contributed by atoms with E-state index in [0.717, 1.165) is 56.6 Å². The van der Waals surface area contributed by atoms with Crippen molar-refractivity contribution in [2.24, 2.45) is 10.9 Å². The lowest BCUT2D eigenvalue weighted by Gasteiger charge is -2.30. The van der Waals surface area contributed by atoms with Crippen molar-refractivity contribution in [3.8, 4) is 0 Å². The van der Waals surface area contributed by atoms with Gasteiger partial charge in [0.05, 0.1) is 0 Å². The van der Waals surface area contributed by atoms with Crippen molar-refractivity contribution in [3.05, 3.63) is 34.6 Å². The fourth-order valence-corrected chi connectivity index (χ4v) is 3.89. The first-order chi connectivity index (χ1) is 13.5. The topological polar surface area (TPSA) is 65.5 Å². The standard InChI is InChI=1S/C21H30ClFN4O.HI/c1-2-24-21(25-11-10-14-6-7-16(23)13-19(14)22)27-18-5-3-4-15(12-18)20(28)26-17-8-9-17;/h6-7,13,15,17-18H,2-5,8-12H2,1H3,(H,26,28)(H2,24,25,27);1H. The van der Waals surface area contributed by atoms with Gasteiger partial charge in [0.25, 0.3) is 0 Å². The summed E-state index contributed by atoms with van der Waals surface area (Å²) in [6.07, 6.45) is 6.78. The highest BCUT2D eigenvalue weighted by Gasteiger charge is 2.31. The number of aliphatic imine (C=N–C) groups is 1. The third-order valence-electron chi connectivity index (χ3n) is 5.32. The van der Waals surface area contributed by atoms with Gasteiger partial charge in [-0.2, -0.15) is 0 Å². The Morgan fingerprint density at radius 2 is 2.00 bits per heavy atom.